The van der Waals surface area contributed by atoms with Crippen molar-refractivity contribution in [3.05, 3.63) is 71.7 Å². The van der Waals surface area contributed by atoms with Gasteiger partial charge in [-0.2, -0.15) is 10.1 Å². The molecule has 0 saturated heterocycles. The summed E-state index contributed by atoms with van der Waals surface area (Å²) in [5.41, 5.74) is 3.40. The van der Waals surface area contributed by atoms with Crippen LogP contribution in [-0.4, -0.2) is 21.2 Å². The summed E-state index contributed by atoms with van der Waals surface area (Å²) in [4.78, 5) is 6.72. The van der Waals surface area contributed by atoms with E-state index in [1.807, 2.05) is 6.07 Å². The first kappa shape index (κ1) is 15.5. The summed E-state index contributed by atoms with van der Waals surface area (Å²) >= 11 is 0. The quantitative estimate of drug-likeness (QED) is 0.788. The molecule has 1 aliphatic heterocycles. The Morgan fingerprint density at radius 3 is 2.80 bits per heavy atom. The van der Waals surface area contributed by atoms with Crippen molar-refractivity contribution in [3.63, 3.8) is 0 Å². The fraction of sp³-hybridized carbons (Fsp3) is 0.211. The zero-order valence-corrected chi connectivity index (χ0v) is 13.9. The van der Waals surface area contributed by atoms with Crippen molar-refractivity contribution in [2.24, 2.45) is 0 Å². The fourth-order valence-electron chi connectivity index (χ4n) is 3.15. The zero-order valence-electron chi connectivity index (χ0n) is 13.9. The smallest absolute Gasteiger partial charge is 0.252 e. The van der Waals surface area contributed by atoms with E-state index in [1.165, 1.54) is 17.7 Å². The van der Waals surface area contributed by atoms with Crippen molar-refractivity contribution in [1.82, 2.24) is 15.2 Å². The molecule has 6 heteroatoms. The predicted molar refractivity (Wildman–Crippen MR) is 95.3 cm³/mol. The molecule has 0 bridgehead atoms. The molecule has 0 radical (unpaired) electrons. The van der Waals surface area contributed by atoms with Gasteiger partial charge in [-0.05, 0) is 42.7 Å². The first-order valence-corrected chi connectivity index (χ1v) is 8.26. The monoisotopic (exact) mass is 335 g/mol. The van der Waals surface area contributed by atoms with Crippen LogP contribution in [0.25, 0.3) is 0 Å². The molecule has 0 amide bonds. The van der Waals surface area contributed by atoms with Crippen molar-refractivity contribution >= 4 is 17.5 Å². The molecule has 5 nitrogen and oxygen atoms in total. The lowest BCUT2D eigenvalue weighted by Crippen LogP contribution is -2.26. The molecule has 3 aromatic rings. The Kier molecular flexibility index (Phi) is 4.01. The van der Waals surface area contributed by atoms with Gasteiger partial charge in [-0.25, -0.2) is 4.39 Å². The predicted octanol–water partition coefficient (Wildman–Crippen LogP) is 3.71. The highest BCUT2D eigenvalue weighted by atomic mass is 19.1. The van der Waals surface area contributed by atoms with E-state index in [0.717, 1.165) is 17.7 Å². The van der Waals surface area contributed by atoms with E-state index in [4.69, 9.17) is 0 Å². The number of rotatable bonds is 4. The highest BCUT2D eigenvalue weighted by Gasteiger charge is 2.29. The number of anilines is 3. The van der Waals surface area contributed by atoms with Crippen LogP contribution in [0.4, 0.5) is 21.8 Å². The third-order valence-corrected chi connectivity index (χ3v) is 4.36. The third-order valence-electron chi connectivity index (χ3n) is 4.36. The SMILES string of the molecule is CC1Cc2ccccc2N1c1nncc(NCc2ccc(F)cc2)n1. The number of nitrogens with one attached hydrogen (secondary N) is 1. The van der Waals surface area contributed by atoms with E-state index < -0.39 is 0 Å². The molecular formula is C19H18FN5. The summed E-state index contributed by atoms with van der Waals surface area (Å²) < 4.78 is 13.0. The summed E-state index contributed by atoms with van der Waals surface area (Å²) in [5.74, 6) is 0.990. The van der Waals surface area contributed by atoms with Gasteiger partial charge < -0.3 is 10.2 Å². The molecule has 1 aliphatic rings. The zero-order chi connectivity index (χ0) is 17.2. The maximum absolute atomic E-state index is 13.0. The van der Waals surface area contributed by atoms with Crippen LogP contribution in [0.15, 0.2) is 54.7 Å². The van der Waals surface area contributed by atoms with E-state index in [0.29, 0.717) is 18.3 Å². The molecule has 126 valence electrons. The standard InChI is InChI=1S/C19H18FN5/c1-13-10-15-4-2-3-5-17(15)25(13)19-23-18(12-22-24-19)21-11-14-6-8-16(20)9-7-14/h2-9,12-13H,10-11H2,1H3,(H,21,23,24). The van der Waals surface area contributed by atoms with Gasteiger partial charge in [-0.15, -0.1) is 5.10 Å². The number of nitrogens with zero attached hydrogens (tertiary/aromatic N) is 4. The Labute approximate surface area is 145 Å². The molecular weight excluding hydrogens is 317 g/mol. The van der Waals surface area contributed by atoms with Crippen LogP contribution in [-0.2, 0) is 13.0 Å². The van der Waals surface area contributed by atoms with Gasteiger partial charge in [0.15, 0.2) is 5.82 Å². The number of aromatic nitrogens is 3. The van der Waals surface area contributed by atoms with Crippen molar-refractivity contribution in [3.8, 4) is 0 Å². The van der Waals surface area contributed by atoms with Crippen LogP contribution in [0.1, 0.15) is 18.1 Å². The van der Waals surface area contributed by atoms with Gasteiger partial charge >= 0.3 is 0 Å². The van der Waals surface area contributed by atoms with Crippen molar-refractivity contribution in [2.45, 2.75) is 25.9 Å². The molecule has 4 rings (SSSR count). The Hall–Kier alpha value is -3.02. The number of hydrogen-bond donors (Lipinski definition) is 1. The van der Waals surface area contributed by atoms with Crippen LogP contribution < -0.4 is 10.2 Å². The number of halogens is 1. The highest BCUT2D eigenvalue weighted by molar-refractivity contribution is 5.67. The lowest BCUT2D eigenvalue weighted by molar-refractivity contribution is 0.627. The molecule has 2 aromatic carbocycles. The maximum atomic E-state index is 13.0. The van der Waals surface area contributed by atoms with Crippen LogP contribution in [0.2, 0.25) is 0 Å². The second kappa shape index (κ2) is 6.47. The molecule has 0 spiro atoms. The van der Waals surface area contributed by atoms with Gasteiger partial charge in [0.25, 0.3) is 5.95 Å². The topological polar surface area (TPSA) is 53.9 Å². The van der Waals surface area contributed by atoms with Crippen LogP contribution in [0, 0.1) is 5.82 Å². The van der Waals surface area contributed by atoms with Crippen LogP contribution in [0.5, 0.6) is 0 Å². The minimum absolute atomic E-state index is 0.239. The van der Waals surface area contributed by atoms with E-state index in [1.54, 1.807) is 18.3 Å². The summed E-state index contributed by atoms with van der Waals surface area (Å²) in [7, 11) is 0. The van der Waals surface area contributed by atoms with Gasteiger partial charge in [0.05, 0.1) is 6.20 Å². The Bertz CT molecular complexity index is 881. The van der Waals surface area contributed by atoms with E-state index in [2.05, 4.69) is 50.5 Å². The minimum Gasteiger partial charge on any atom is -0.365 e. The van der Waals surface area contributed by atoms with E-state index in [-0.39, 0.29) is 11.9 Å². The third kappa shape index (κ3) is 3.15. The van der Waals surface area contributed by atoms with Crippen molar-refractivity contribution in [2.75, 3.05) is 10.2 Å². The average molecular weight is 335 g/mol. The number of para-hydroxylation sites is 1. The lowest BCUT2D eigenvalue weighted by atomic mass is 10.1. The summed E-state index contributed by atoms with van der Waals surface area (Å²) in [6.07, 6.45) is 2.56. The number of benzene rings is 2. The lowest BCUT2D eigenvalue weighted by Gasteiger charge is -2.22. The van der Waals surface area contributed by atoms with Crippen molar-refractivity contribution < 1.29 is 4.39 Å². The van der Waals surface area contributed by atoms with E-state index in [9.17, 15) is 4.39 Å². The van der Waals surface area contributed by atoms with Gasteiger partial charge in [0, 0.05) is 18.3 Å². The van der Waals surface area contributed by atoms with Gasteiger partial charge in [-0.3, -0.25) is 0 Å². The molecule has 2 heterocycles. The normalized spacial score (nSPS) is 15.9. The molecule has 1 N–H and O–H groups in total. The van der Waals surface area contributed by atoms with Crippen molar-refractivity contribution in [1.29, 1.82) is 0 Å². The Morgan fingerprint density at radius 1 is 1.16 bits per heavy atom. The van der Waals surface area contributed by atoms with Gasteiger partial charge in [0.1, 0.15) is 5.82 Å². The largest absolute Gasteiger partial charge is 0.365 e. The first-order chi connectivity index (χ1) is 12.2. The summed E-state index contributed by atoms with van der Waals surface area (Å²) in [6.45, 7) is 2.70. The molecule has 1 aromatic heterocycles. The van der Waals surface area contributed by atoms with Gasteiger partial charge in [0.2, 0.25) is 0 Å². The number of fused-ring (bicyclic) bond motifs is 1. The molecule has 0 fully saturated rings. The first-order valence-electron chi connectivity index (χ1n) is 8.26. The number of hydrogen-bond acceptors (Lipinski definition) is 5. The average Bonchev–Trinajstić information content (AvgIpc) is 2.97. The second-order valence-corrected chi connectivity index (χ2v) is 6.17. The Morgan fingerprint density at radius 2 is 1.96 bits per heavy atom. The molecule has 1 unspecified atom stereocenters. The Balaban J connectivity index is 1.54. The molecule has 0 saturated carbocycles. The second-order valence-electron chi connectivity index (χ2n) is 6.17. The summed E-state index contributed by atoms with van der Waals surface area (Å²) in [6, 6.07) is 15.0. The van der Waals surface area contributed by atoms with Gasteiger partial charge in [-0.1, -0.05) is 30.3 Å². The summed E-state index contributed by atoms with van der Waals surface area (Å²) in [5, 5.41) is 11.5. The fourth-order valence-corrected chi connectivity index (χ4v) is 3.15. The van der Waals surface area contributed by atoms with E-state index >= 15 is 0 Å². The molecule has 25 heavy (non-hydrogen) atoms. The minimum atomic E-state index is -0.239. The van der Waals surface area contributed by atoms with Crippen LogP contribution >= 0.6 is 0 Å². The molecule has 1 atom stereocenters. The molecule has 0 aliphatic carbocycles. The van der Waals surface area contributed by atoms with Crippen LogP contribution in [0.3, 0.4) is 0 Å². The highest BCUT2D eigenvalue weighted by Crippen LogP contribution is 2.36. The maximum Gasteiger partial charge on any atom is 0.252 e.